The Bertz CT molecular complexity index is 738. The van der Waals surface area contributed by atoms with E-state index in [0.29, 0.717) is 15.6 Å². The summed E-state index contributed by atoms with van der Waals surface area (Å²) in [5, 5.41) is 0.840. The van der Waals surface area contributed by atoms with Crippen LogP contribution in [0.3, 0.4) is 0 Å². The number of hydrogen-bond donors (Lipinski definition) is 0. The predicted octanol–water partition coefficient (Wildman–Crippen LogP) is 4.37. The lowest BCUT2D eigenvalue weighted by molar-refractivity contribution is 0.598. The van der Waals surface area contributed by atoms with E-state index in [1.54, 1.807) is 24.3 Å². The lowest BCUT2D eigenvalue weighted by atomic mass is 10.2. The van der Waals surface area contributed by atoms with Crippen LogP contribution in [-0.4, -0.2) is 13.6 Å². The maximum absolute atomic E-state index is 12.1. The second-order valence-electron chi connectivity index (χ2n) is 3.82. The molecule has 0 radical (unpaired) electrons. The molecule has 0 unspecified atom stereocenters. The van der Waals surface area contributed by atoms with Crippen LogP contribution in [0.15, 0.2) is 57.8 Å². The molecular formula is C13H8Cl3NO2S. The molecule has 0 saturated carbocycles. The molecule has 7 heteroatoms. The fraction of sp³-hybridized carbons (Fsp3) is 0. The quantitative estimate of drug-likeness (QED) is 0.773. The van der Waals surface area contributed by atoms with Gasteiger partial charge < -0.3 is 0 Å². The van der Waals surface area contributed by atoms with Crippen LogP contribution in [0.1, 0.15) is 5.56 Å². The maximum atomic E-state index is 12.1. The van der Waals surface area contributed by atoms with Gasteiger partial charge in [0, 0.05) is 15.6 Å². The molecule has 2 aromatic rings. The largest absolute Gasteiger partial charge is 0.283 e. The SMILES string of the molecule is O=S(=O)(N=C(Cl)c1ccc(Cl)cc1)c1ccc(Cl)cc1. The second-order valence-corrected chi connectivity index (χ2v) is 6.65. The maximum Gasteiger partial charge on any atom is 0.283 e. The minimum atomic E-state index is -3.87. The number of benzene rings is 2. The van der Waals surface area contributed by atoms with Gasteiger partial charge in [-0.25, -0.2) is 0 Å². The Balaban J connectivity index is 2.37. The summed E-state index contributed by atoms with van der Waals surface area (Å²) in [5.74, 6) is 0. The first kappa shape index (κ1) is 15.3. The van der Waals surface area contributed by atoms with Crippen LogP contribution in [0, 0.1) is 0 Å². The van der Waals surface area contributed by atoms with Crippen LogP contribution in [0.25, 0.3) is 0 Å². The van der Waals surface area contributed by atoms with E-state index in [1.165, 1.54) is 24.3 Å². The molecule has 0 N–H and O–H groups in total. The van der Waals surface area contributed by atoms with Crippen LogP contribution in [-0.2, 0) is 10.0 Å². The molecule has 20 heavy (non-hydrogen) atoms. The van der Waals surface area contributed by atoms with E-state index in [4.69, 9.17) is 34.8 Å². The molecule has 0 saturated heterocycles. The van der Waals surface area contributed by atoms with Gasteiger partial charge in [0.1, 0.15) is 5.17 Å². The fourth-order valence-electron chi connectivity index (χ4n) is 1.40. The summed E-state index contributed by atoms with van der Waals surface area (Å²) < 4.78 is 27.7. The first-order chi connectivity index (χ1) is 9.38. The molecule has 0 aliphatic rings. The molecule has 0 fully saturated rings. The van der Waals surface area contributed by atoms with Crippen LogP contribution in [0.5, 0.6) is 0 Å². The molecule has 3 nitrogen and oxygen atoms in total. The molecule has 0 aliphatic carbocycles. The van der Waals surface area contributed by atoms with Crippen molar-refractivity contribution < 1.29 is 8.42 Å². The number of nitrogens with zero attached hydrogens (tertiary/aromatic N) is 1. The third-order valence-electron chi connectivity index (χ3n) is 2.39. The Morgan fingerprint density at radius 2 is 1.30 bits per heavy atom. The summed E-state index contributed by atoms with van der Waals surface area (Å²) >= 11 is 17.4. The standard InChI is InChI=1S/C13H8Cl3NO2S/c14-10-3-1-9(2-4-10)13(16)17-20(18,19)12-7-5-11(15)6-8-12/h1-8H. The number of sulfonamides is 1. The van der Waals surface area contributed by atoms with Gasteiger partial charge in [0.25, 0.3) is 10.0 Å². The van der Waals surface area contributed by atoms with Gasteiger partial charge in [0.05, 0.1) is 4.90 Å². The first-order valence-electron chi connectivity index (χ1n) is 5.40. The van der Waals surface area contributed by atoms with Gasteiger partial charge in [0.2, 0.25) is 0 Å². The molecule has 0 bridgehead atoms. The van der Waals surface area contributed by atoms with Crippen molar-refractivity contribution in [3.8, 4) is 0 Å². The van der Waals surface area contributed by atoms with Crippen molar-refractivity contribution in [3.63, 3.8) is 0 Å². The van der Waals surface area contributed by atoms with Crippen molar-refractivity contribution >= 4 is 50.0 Å². The zero-order valence-electron chi connectivity index (χ0n) is 9.92. The average Bonchev–Trinajstić information content (AvgIpc) is 2.39. The van der Waals surface area contributed by atoms with E-state index in [-0.39, 0.29) is 10.1 Å². The van der Waals surface area contributed by atoms with Gasteiger partial charge in [-0.3, -0.25) is 0 Å². The molecule has 0 heterocycles. The first-order valence-corrected chi connectivity index (χ1v) is 7.98. The van der Waals surface area contributed by atoms with Gasteiger partial charge in [-0.1, -0.05) is 46.9 Å². The van der Waals surface area contributed by atoms with Gasteiger partial charge in [0.15, 0.2) is 0 Å². The summed E-state index contributed by atoms with van der Waals surface area (Å²) in [7, 11) is -3.87. The third-order valence-corrected chi connectivity index (χ3v) is 4.59. The van der Waals surface area contributed by atoms with Gasteiger partial charge in [-0.15, -0.1) is 4.40 Å². The van der Waals surface area contributed by atoms with Crippen molar-refractivity contribution in [2.45, 2.75) is 4.90 Å². The summed E-state index contributed by atoms with van der Waals surface area (Å²) in [6, 6.07) is 12.1. The monoisotopic (exact) mass is 347 g/mol. The molecule has 0 amide bonds. The van der Waals surface area contributed by atoms with Crippen molar-refractivity contribution in [1.29, 1.82) is 0 Å². The molecule has 0 atom stereocenters. The van der Waals surface area contributed by atoms with Crippen molar-refractivity contribution in [1.82, 2.24) is 0 Å². The van der Waals surface area contributed by atoms with Crippen molar-refractivity contribution in [3.05, 3.63) is 64.1 Å². The Hall–Kier alpha value is -1.07. The Kier molecular flexibility index (Phi) is 4.70. The molecule has 2 rings (SSSR count). The van der Waals surface area contributed by atoms with Crippen LogP contribution in [0.4, 0.5) is 0 Å². The van der Waals surface area contributed by atoms with E-state index in [2.05, 4.69) is 4.40 Å². The van der Waals surface area contributed by atoms with Crippen molar-refractivity contribution in [2.75, 3.05) is 0 Å². The van der Waals surface area contributed by atoms with E-state index < -0.39 is 10.0 Å². The smallest absolute Gasteiger partial charge is 0.199 e. The highest BCUT2D eigenvalue weighted by Gasteiger charge is 2.14. The van der Waals surface area contributed by atoms with E-state index >= 15 is 0 Å². The summed E-state index contributed by atoms with van der Waals surface area (Å²) in [5.41, 5.74) is 0.466. The van der Waals surface area contributed by atoms with Gasteiger partial charge >= 0.3 is 0 Å². The highest BCUT2D eigenvalue weighted by Crippen LogP contribution is 2.19. The predicted molar refractivity (Wildman–Crippen MR) is 82.5 cm³/mol. The molecule has 2 aromatic carbocycles. The summed E-state index contributed by atoms with van der Waals surface area (Å²) in [6.07, 6.45) is 0. The molecule has 0 aliphatic heterocycles. The highest BCUT2D eigenvalue weighted by atomic mass is 35.5. The molecular weight excluding hydrogens is 341 g/mol. The molecule has 0 spiro atoms. The highest BCUT2D eigenvalue weighted by molar-refractivity contribution is 7.90. The zero-order chi connectivity index (χ0) is 14.8. The van der Waals surface area contributed by atoms with E-state index in [0.717, 1.165) is 0 Å². The molecule has 104 valence electrons. The number of halogens is 3. The fourth-order valence-corrected chi connectivity index (χ4v) is 2.96. The van der Waals surface area contributed by atoms with Crippen molar-refractivity contribution in [2.24, 2.45) is 4.40 Å². The van der Waals surface area contributed by atoms with E-state index in [1.807, 2.05) is 0 Å². The molecule has 0 aromatic heterocycles. The van der Waals surface area contributed by atoms with Crippen LogP contribution < -0.4 is 0 Å². The van der Waals surface area contributed by atoms with Crippen LogP contribution in [0.2, 0.25) is 10.0 Å². The minimum absolute atomic E-state index is 0.0222. The summed E-state index contributed by atoms with van der Waals surface area (Å²) in [4.78, 5) is 0.0222. The normalized spacial score (nSPS) is 12.4. The second kappa shape index (κ2) is 6.14. The van der Waals surface area contributed by atoms with E-state index in [9.17, 15) is 8.42 Å². The summed E-state index contributed by atoms with van der Waals surface area (Å²) in [6.45, 7) is 0. The average molecular weight is 349 g/mol. The number of rotatable bonds is 3. The van der Waals surface area contributed by atoms with Gasteiger partial charge in [-0.2, -0.15) is 8.42 Å². The topological polar surface area (TPSA) is 46.5 Å². The lowest BCUT2D eigenvalue weighted by Gasteiger charge is -2.01. The lowest BCUT2D eigenvalue weighted by Crippen LogP contribution is -2.01. The Morgan fingerprint density at radius 1 is 0.850 bits per heavy atom. The zero-order valence-corrected chi connectivity index (χ0v) is 13.0. The van der Waals surface area contributed by atoms with Crippen LogP contribution >= 0.6 is 34.8 Å². The van der Waals surface area contributed by atoms with Gasteiger partial charge in [-0.05, 0) is 36.4 Å². The Morgan fingerprint density at radius 3 is 1.80 bits per heavy atom. The number of hydrogen-bond acceptors (Lipinski definition) is 2. The minimum Gasteiger partial charge on any atom is -0.199 e. The Labute approximate surface area is 131 Å². The third kappa shape index (κ3) is 3.73.